The van der Waals surface area contributed by atoms with Crippen LogP contribution in [0.2, 0.25) is 0 Å². The minimum atomic E-state index is -2.33. The van der Waals surface area contributed by atoms with Gasteiger partial charge < -0.3 is 24.5 Å². The van der Waals surface area contributed by atoms with Gasteiger partial charge in [0.1, 0.15) is 0 Å². The second kappa shape index (κ2) is 20.1. The number of esters is 4. The molecule has 0 aromatic heterocycles. The maximum absolute atomic E-state index is 9.81. The fourth-order valence-electron chi connectivity index (χ4n) is 0.405. The summed E-state index contributed by atoms with van der Waals surface area (Å²) in [5.74, 6) is -2.25. The van der Waals surface area contributed by atoms with Crippen molar-refractivity contribution in [2.45, 2.75) is 27.7 Å². The van der Waals surface area contributed by atoms with Crippen molar-refractivity contribution in [3.8, 4) is 0 Å². The van der Waals surface area contributed by atoms with E-state index in [0.717, 1.165) is 0 Å². The van der Waals surface area contributed by atoms with Crippen LogP contribution in [0.15, 0.2) is 0 Å². The van der Waals surface area contributed by atoms with Gasteiger partial charge in [-0.05, 0) is 6.16 Å². The van der Waals surface area contributed by atoms with E-state index in [1.165, 1.54) is 27.7 Å². The molecule has 11 heteroatoms. The Kier molecular flexibility index (Phi) is 31.4. The molecule has 0 aliphatic rings. The number of hydrogen-bond donors (Lipinski definition) is 0. The Balaban J connectivity index is -0.0000000555. The summed E-state index contributed by atoms with van der Waals surface area (Å²) in [6.45, 7) is 4.73. The SMILES string of the molecule is CC(=O)OC(C)=O.CC(=O)OC(C)=O.O=C([O-])[O-].[Li+].[Li+]. The van der Waals surface area contributed by atoms with Gasteiger partial charge in [0, 0.05) is 27.7 Å². The molecule has 0 rings (SSSR count). The molecule has 20 heavy (non-hydrogen) atoms. The number of rotatable bonds is 0. The van der Waals surface area contributed by atoms with E-state index in [0.29, 0.717) is 0 Å². The molecule has 0 radical (unpaired) electrons. The molecule has 0 saturated carbocycles. The molecule has 0 bridgehead atoms. The number of hydrogen-bond acceptors (Lipinski definition) is 9. The van der Waals surface area contributed by atoms with Crippen LogP contribution >= 0.6 is 0 Å². The minimum absolute atomic E-state index is 0. The van der Waals surface area contributed by atoms with Crippen molar-refractivity contribution in [2.75, 3.05) is 0 Å². The van der Waals surface area contributed by atoms with E-state index in [1.807, 2.05) is 0 Å². The monoisotopic (exact) mass is 278 g/mol. The van der Waals surface area contributed by atoms with E-state index >= 15 is 0 Å². The standard InChI is InChI=1S/2C4H6O3.CH2O3.2Li/c2*1-3(5)7-4(2)6;2-1(3)4;;/h2*1-2H3;(H2,2,3,4);;/q;;;2*+1/p-2. The zero-order valence-corrected chi connectivity index (χ0v) is 12.2. The van der Waals surface area contributed by atoms with Crippen LogP contribution < -0.4 is 47.9 Å². The van der Waals surface area contributed by atoms with Gasteiger partial charge in [-0.2, -0.15) is 0 Å². The van der Waals surface area contributed by atoms with E-state index in [9.17, 15) is 19.2 Å². The second-order valence-electron chi connectivity index (χ2n) is 2.42. The van der Waals surface area contributed by atoms with Gasteiger partial charge in [0.05, 0.1) is 0 Å². The van der Waals surface area contributed by atoms with E-state index in [-0.39, 0.29) is 37.7 Å². The van der Waals surface area contributed by atoms with Crippen LogP contribution in [0.25, 0.3) is 0 Å². The van der Waals surface area contributed by atoms with Crippen LogP contribution in [0, 0.1) is 0 Å². The molecule has 0 aliphatic heterocycles. The Hall–Kier alpha value is -1.26. The first kappa shape index (κ1) is 31.2. The topological polar surface area (TPSA) is 150 Å². The average molecular weight is 278 g/mol. The Morgan fingerprint density at radius 2 is 0.700 bits per heavy atom. The largest absolute Gasteiger partial charge is 1.00 e. The normalized spacial score (nSPS) is 6.60. The molecule has 0 N–H and O–H groups in total. The van der Waals surface area contributed by atoms with Crippen LogP contribution in [0.4, 0.5) is 4.79 Å². The summed E-state index contributed by atoms with van der Waals surface area (Å²) in [7, 11) is 0. The Morgan fingerprint density at radius 3 is 0.700 bits per heavy atom. The van der Waals surface area contributed by atoms with Gasteiger partial charge >= 0.3 is 61.6 Å². The Morgan fingerprint density at radius 1 is 0.600 bits per heavy atom. The van der Waals surface area contributed by atoms with Crippen LogP contribution in [0.3, 0.4) is 0 Å². The summed E-state index contributed by atoms with van der Waals surface area (Å²) in [5.41, 5.74) is 0. The van der Waals surface area contributed by atoms with Gasteiger partial charge in [-0.15, -0.1) is 0 Å². The first-order valence-electron chi connectivity index (χ1n) is 4.25. The molecule has 0 aromatic carbocycles. The molecule has 9 nitrogen and oxygen atoms in total. The third-order valence-electron chi connectivity index (χ3n) is 0.575. The van der Waals surface area contributed by atoms with Crippen molar-refractivity contribution in [3.05, 3.63) is 0 Å². The van der Waals surface area contributed by atoms with E-state index < -0.39 is 30.0 Å². The maximum atomic E-state index is 9.81. The second-order valence-corrected chi connectivity index (χ2v) is 2.42. The smallest absolute Gasteiger partial charge is 0.652 e. The maximum Gasteiger partial charge on any atom is 1.00 e. The predicted octanol–water partition coefficient (Wildman–Crippen LogP) is -8.25. The Bertz CT molecular complexity index is 273. The quantitative estimate of drug-likeness (QED) is 0.239. The van der Waals surface area contributed by atoms with Gasteiger partial charge in [-0.3, -0.25) is 19.2 Å². The molecule has 0 unspecified atom stereocenters. The van der Waals surface area contributed by atoms with Crippen LogP contribution in [-0.4, -0.2) is 30.0 Å². The summed E-state index contributed by atoms with van der Waals surface area (Å²) >= 11 is 0. The zero-order valence-electron chi connectivity index (χ0n) is 12.2. The van der Waals surface area contributed by atoms with Crippen molar-refractivity contribution in [1.29, 1.82) is 0 Å². The number of ether oxygens (including phenoxy) is 2. The predicted molar refractivity (Wildman–Crippen MR) is 50.3 cm³/mol. The zero-order chi connectivity index (χ0) is 15.3. The van der Waals surface area contributed by atoms with Crippen molar-refractivity contribution in [1.82, 2.24) is 0 Å². The summed E-state index contributed by atoms with van der Waals surface area (Å²) in [5, 5.41) is 16.7. The van der Waals surface area contributed by atoms with Gasteiger partial charge in [0.25, 0.3) is 0 Å². The molecule has 0 aliphatic carbocycles. The average Bonchev–Trinajstić information content (AvgIpc) is 1.96. The summed E-state index contributed by atoms with van der Waals surface area (Å²) in [4.78, 5) is 47.6. The third kappa shape index (κ3) is 91.2. The molecule has 0 spiro atoms. The van der Waals surface area contributed by atoms with Crippen LogP contribution in [0.5, 0.6) is 0 Å². The molecule has 0 atom stereocenters. The van der Waals surface area contributed by atoms with Gasteiger partial charge in [-0.1, -0.05) is 0 Å². The molecule has 0 fully saturated rings. The number of carboxylic acid groups (broad SMARTS) is 2. The summed E-state index contributed by atoms with van der Waals surface area (Å²) in [6, 6.07) is 0. The first-order valence-corrected chi connectivity index (χ1v) is 4.25. The summed E-state index contributed by atoms with van der Waals surface area (Å²) < 4.78 is 7.94. The van der Waals surface area contributed by atoms with Crippen molar-refractivity contribution in [2.24, 2.45) is 0 Å². The number of carbonyl (C=O) groups excluding carboxylic acids is 5. The van der Waals surface area contributed by atoms with E-state index in [2.05, 4.69) is 9.47 Å². The summed E-state index contributed by atoms with van der Waals surface area (Å²) in [6.07, 6.45) is -2.33. The minimum Gasteiger partial charge on any atom is -0.652 e. The van der Waals surface area contributed by atoms with Gasteiger partial charge in [0.2, 0.25) is 0 Å². The van der Waals surface area contributed by atoms with Gasteiger partial charge in [0.15, 0.2) is 0 Å². The first-order chi connectivity index (χ1) is 7.98. The van der Waals surface area contributed by atoms with Crippen LogP contribution in [-0.2, 0) is 28.7 Å². The van der Waals surface area contributed by atoms with Crippen molar-refractivity contribution in [3.63, 3.8) is 0 Å². The van der Waals surface area contributed by atoms with Crippen molar-refractivity contribution < 1.29 is 81.4 Å². The molecular weight excluding hydrogens is 266 g/mol. The van der Waals surface area contributed by atoms with E-state index in [4.69, 9.17) is 15.0 Å². The molecule has 0 heterocycles. The van der Waals surface area contributed by atoms with Crippen molar-refractivity contribution >= 4 is 30.0 Å². The molecule has 0 amide bonds. The van der Waals surface area contributed by atoms with Gasteiger partial charge in [-0.25, -0.2) is 0 Å². The molecule has 104 valence electrons. The van der Waals surface area contributed by atoms with E-state index in [1.54, 1.807) is 0 Å². The third-order valence-corrected chi connectivity index (χ3v) is 0.575. The fraction of sp³-hybridized carbons (Fsp3) is 0.444. The Labute approximate surface area is 139 Å². The molecule has 0 aromatic rings. The molecular formula is C9H12Li2O9. The van der Waals surface area contributed by atoms with Crippen LogP contribution in [0.1, 0.15) is 27.7 Å². The fourth-order valence-corrected chi connectivity index (χ4v) is 0.405. The number of carbonyl (C=O) groups is 5. The molecule has 0 saturated heterocycles.